The molecule has 4 nitrogen and oxygen atoms in total. The van der Waals surface area contributed by atoms with Gasteiger partial charge in [-0.2, -0.15) is 5.26 Å². The second-order valence-corrected chi connectivity index (χ2v) is 5.49. The Morgan fingerprint density at radius 3 is 2.26 bits per heavy atom. The lowest BCUT2D eigenvalue weighted by Crippen LogP contribution is -1.92. The first-order chi connectivity index (χ1) is 11.1. The zero-order chi connectivity index (χ0) is 16.8. The molecule has 0 aliphatic carbocycles. The van der Waals surface area contributed by atoms with Crippen molar-refractivity contribution in [2.75, 3.05) is 21.3 Å². The molecule has 0 radical (unpaired) electrons. The molecule has 0 heterocycles. The molecule has 118 valence electrons. The molecule has 0 aliphatic heterocycles. The zero-order valence-electron chi connectivity index (χ0n) is 13.1. The fourth-order valence-corrected chi connectivity index (χ4v) is 2.76. The first-order valence-corrected chi connectivity index (χ1v) is 7.60. The Kier molecular flexibility index (Phi) is 5.67. The summed E-state index contributed by atoms with van der Waals surface area (Å²) in [4.78, 5) is 0. The molecule has 0 fully saturated rings. The van der Waals surface area contributed by atoms with Crippen molar-refractivity contribution in [2.45, 2.75) is 0 Å². The van der Waals surface area contributed by atoms with Crippen LogP contribution in [0.25, 0.3) is 11.6 Å². The van der Waals surface area contributed by atoms with Crippen molar-refractivity contribution in [3.8, 4) is 23.3 Å². The highest BCUT2D eigenvalue weighted by atomic mass is 79.9. The van der Waals surface area contributed by atoms with Gasteiger partial charge in [-0.3, -0.25) is 0 Å². The summed E-state index contributed by atoms with van der Waals surface area (Å²) < 4.78 is 16.5. The van der Waals surface area contributed by atoms with Crippen molar-refractivity contribution >= 4 is 27.6 Å². The van der Waals surface area contributed by atoms with Gasteiger partial charge >= 0.3 is 0 Å². The van der Waals surface area contributed by atoms with Gasteiger partial charge in [-0.1, -0.05) is 0 Å². The van der Waals surface area contributed by atoms with Crippen LogP contribution in [0.1, 0.15) is 11.1 Å². The Hall–Kier alpha value is -2.45. The molecule has 0 bridgehead atoms. The van der Waals surface area contributed by atoms with Crippen molar-refractivity contribution in [1.29, 1.82) is 5.26 Å². The number of ether oxygens (including phenoxy) is 3. The maximum absolute atomic E-state index is 9.45. The normalized spacial score (nSPS) is 10.8. The van der Waals surface area contributed by atoms with E-state index in [9.17, 15) is 5.26 Å². The monoisotopic (exact) mass is 373 g/mol. The zero-order valence-corrected chi connectivity index (χ0v) is 14.7. The Morgan fingerprint density at radius 1 is 1.04 bits per heavy atom. The van der Waals surface area contributed by atoms with Gasteiger partial charge in [-0.05, 0) is 69.5 Å². The molecule has 5 heteroatoms. The first kappa shape index (κ1) is 16.9. The summed E-state index contributed by atoms with van der Waals surface area (Å²) in [5, 5.41) is 9.45. The third-order valence-corrected chi connectivity index (χ3v) is 3.88. The molecule has 0 saturated heterocycles. The smallest absolute Gasteiger partial charge is 0.174 e. The van der Waals surface area contributed by atoms with Crippen LogP contribution in [-0.4, -0.2) is 21.3 Å². The van der Waals surface area contributed by atoms with Crippen molar-refractivity contribution in [3.63, 3.8) is 0 Å². The van der Waals surface area contributed by atoms with E-state index in [2.05, 4.69) is 22.0 Å². The molecule has 2 aromatic carbocycles. The number of halogens is 1. The highest BCUT2D eigenvalue weighted by Crippen LogP contribution is 2.37. The number of hydrogen-bond donors (Lipinski definition) is 0. The van der Waals surface area contributed by atoms with E-state index in [0.29, 0.717) is 17.1 Å². The number of nitriles is 1. The van der Waals surface area contributed by atoms with Crippen LogP contribution < -0.4 is 14.2 Å². The van der Waals surface area contributed by atoms with Gasteiger partial charge in [-0.15, -0.1) is 0 Å². The van der Waals surface area contributed by atoms with Crippen LogP contribution in [-0.2, 0) is 0 Å². The first-order valence-electron chi connectivity index (χ1n) is 6.80. The molecule has 0 saturated carbocycles. The number of allylic oxidation sites excluding steroid dienone is 1. The van der Waals surface area contributed by atoms with Crippen molar-refractivity contribution in [3.05, 3.63) is 52.0 Å². The van der Waals surface area contributed by atoms with E-state index < -0.39 is 0 Å². The molecular formula is C18H16BrNO3. The number of methoxy groups -OCH3 is 3. The maximum atomic E-state index is 9.45. The van der Waals surface area contributed by atoms with Crippen molar-refractivity contribution in [1.82, 2.24) is 0 Å². The summed E-state index contributed by atoms with van der Waals surface area (Å²) in [5.41, 5.74) is 2.20. The molecule has 23 heavy (non-hydrogen) atoms. The predicted molar refractivity (Wildman–Crippen MR) is 93.7 cm³/mol. The van der Waals surface area contributed by atoms with Crippen LogP contribution in [0.5, 0.6) is 17.2 Å². The second-order valence-electron chi connectivity index (χ2n) is 4.64. The third-order valence-electron chi connectivity index (χ3n) is 3.29. The van der Waals surface area contributed by atoms with Crippen LogP contribution >= 0.6 is 15.9 Å². The number of nitrogens with zero attached hydrogens (tertiary/aromatic N) is 1. The largest absolute Gasteiger partial charge is 0.497 e. The van der Waals surface area contributed by atoms with E-state index in [1.807, 2.05) is 36.4 Å². The fourth-order valence-electron chi connectivity index (χ4n) is 2.14. The molecule has 0 atom stereocenters. The Balaban J connectivity index is 2.45. The summed E-state index contributed by atoms with van der Waals surface area (Å²) >= 11 is 3.45. The van der Waals surface area contributed by atoms with E-state index in [1.54, 1.807) is 27.4 Å². The topological polar surface area (TPSA) is 51.5 Å². The molecule has 2 rings (SSSR count). The quantitative estimate of drug-likeness (QED) is 0.570. The minimum atomic E-state index is 0.548. The molecule has 0 N–H and O–H groups in total. The standard InChI is InChI=1S/C18H16BrNO3/c1-21-15-6-4-13(5-7-15)14(11-20)8-12-9-16(19)18(23-3)17(10-12)22-2/h4-10H,1-3H3/b14-8+. The van der Waals surface area contributed by atoms with E-state index >= 15 is 0 Å². The summed E-state index contributed by atoms with van der Waals surface area (Å²) in [6.45, 7) is 0. The summed E-state index contributed by atoms with van der Waals surface area (Å²) in [6.07, 6.45) is 1.80. The number of hydrogen-bond acceptors (Lipinski definition) is 4. The van der Waals surface area contributed by atoms with Gasteiger partial charge < -0.3 is 14.2 Å². The van der Waals surface area contributed by atoms with Crippen LogP contribution in [0, 0.1) is 11.3 Å². The van der Waals surface area contributed by atoms with Crippen molar-refractivity contribution in [2.24, 2.45) is 0 Å². The molecule has 0 aliphatic rings. The Labute approximate surface area is 144 Å². The SMILES string of the molecule is COc1ccc(/C(C#N)=C/c2cc(Br)c(OC)c(OC)c2)cc1. The van der Waals surface area contributed by atoms with E-state index in [4.69, 9.17) is 14.2 Å². The summed E-state index contributed by atoms with van der Waals surface area (Å²) in [6, 6.07) is 13.3. The lowest BCUT2D eigenvalue weighted by molar-refractivity contribution is 0.353. The van der Waals surface area contributed by atoms with Crippen LogP contribution in [0.2, 0.25) is 0 Å². The number of rotatable bonds is 5. The molecule has 0 amide bonds. The number of benzene rings is 2. The molecule has 2 aromatic rings. The fraction of sp³-hybridized carbons (Fsp3) is 0.167. The molecule has 0 aromatic heterocycles. The second kappa shape index (κ2) is 7.70. The summed E-state index contributed by atoms with van der Waals surface area (Å²) in [7, 11) is 4.76. The van der Waals surface area contributed by atoms with E-state index in [-0.39, 0.29) is 0 Å². The van der Waals surface area contributed by atoms with Gasteiger partial charge in [0.15, 0.2) is 11.5 Å². The van der Waals surface area contributed by atoms with Crippen molar-refractivity contribution < 1.29 is 14.2 Å². The van der Waals surface area contributed by atoms with E-state index in [1.165, 1.54) is 0 Å². The lowest BCUT2D eigenvalue weighted by Gasteiger charge is -2.11. The van der Waals surface area contributed by atoms with Gasteiger partial charge in [0.1, 0.15) is 5.75 Å². The van der Waals surface area contributed by atoms with Crippen LogP contribution in [0.4, 0.5) is 0 Å². The summed E-state index contributed by atoms with van der Waals surface area (Å²) in [5.74, 6) is 1.97. The minimum Gasteiger partial charge on any atom is -0.497 e. The van der Waals surface area contributed by atoms with Gasteiger partial charge in [0, 0.05) is 0 Å². The van der Waals surface area contributed by atoms with Gasteiger partial charge in [0.05, 0.1) is 37.4 Å². The molecule has 0 spiro atoms. The average molecular weight is 374 g/mol. The highest BCUT2D eigenvalue weighted by Gasteiger charge is 2.10. The van der Waals surface area contributed by atoms with Crippen LogP contribution in [0.3, 0.4) is 0 Å². The Morgan fingerprint density at radius 2 is 1.74 bits per heavy atom. The maximum Gasteiger partial charge on any atom is 0.174 e. The molecule has 0 unspecified atom stereocenters. The van der Waals surface area contributed by atoms with Crippen LogP contribution in [0.15, 0.2) is 40.9 Å². The third kappa shape index (κ3) is 3.85. The van der Waals surface area contributed by atoms with E-state index in [0.717, 1.165) is 21.3 Å². The highest BCUT2D eigenvalue weighted by molar-refractivity contribution is 9.10. The predicted octanol–water partition coefficient (Wildman–Crippen LogP) is 4.54. The lowest BCUT2D eigenvalue weighted by atomic mass is 10.0. The van der Waals surface area contributed by atoms with Gasteiger partial charge in [-0.25, -0.2) is 0 Å². The van der Waals surface area contributed by atoms with Gasteiger partial charge in [0.25, 0.3) is 0 Å². The Bertz CT molecular complexity index is 761. The molecular weight excluding hydrogens is 358 g/mol. The average Bonchev–Trinajstić information content (AvgIpc) is 2.59. The minimum absolute atomic E-state index is 0.548. The van der Waals surface area contributed by atoms with Gasteiger partial charge in [0.2, 0.25) is 0 Å².